The lowest BCUT2D eigenvalue weighted by atomic mass is 9.77. The van der Waals surface area contributed by atoms with E-state index in [2.05, 4.69) is 125 Å². The van der Waals surface area contributed by atoms with Crippen molar-refractivity contribution < 1.29 is 0 Å². The third-order valence-electron chi connectivity index (χ3n) is 7.34. The number of benzene rings is 6. The number of rotatable bonds is 0. The average Bonchev–Trinajstić information content (AvgIpc) is 3.21. The second kappa shape index (κ2) is 11.4. The van der Waals surface area contributed by atoms with Gasteiger partial charge in [0.05, 0.1) is 0 Å². The van der Waals surface area contributed by atoms with Crippen molar-refractivity contribution in [3.05, 3.63) is 108 Å². The van der Waals surface area contributed by atoms with Gasteiger partial charge < -0.3 is 0 Å². The van der Waals surface area contributed by atoms with Crippen LogP contribution in [0, 0.1) is 0 Å². The molecule has 1 aliphatic rings. The van der Waals surface area contributed by atoms with Crippen LogP contribution in [-0.2, 0) is 5.41 Å². The third-order valence-corrected chi connectivity index (χ3v) is 7.34. The molecule has 0 spiro atoms. The summed E-state index contributed by atoms with van der Waals surface area (Å²) in [5.74, 6) is 0. The predicted molar refractivity (Wildman–Crippen MR) is 173 cm³/mol. The van der Waals surface area contributed by atoms with E-state index in [0.717, 1.165) is 0 Å². The van der Waals surface area contributed by atoms with E-state index >= 15 is 0 Å². The Kier molecular flexibility index (Phi) is 8.22. The minimum atomic E-state index is -0.0731. The molecule has 0 saturated carbocycles. The van der Waals surface area contributed by atoms with Gasteiger partial charge in [0, 0.05) is 5.41 Å². The summed E-state index contributed by atoms with van der Waals surface area (Å²) < 4.78 is 0. The van der Waals surface area contributed by atoms with Crippen LogP contribution in [0.2, 0.25) is 0 Å². The molecule has 7 rings (SSSR count). The zero-order chi connectivity index (χ0) is 27.4. The molecule has 0 radical (unpaired) electrons. The van der Waals surface area contributed by atoms with E-state index in [9.17, 15) is 0 Å². The quantitative estimate of drug-likeness (QED) is 0.144. The van der Waals surface area contributed by atoms with Crippen molar-refractivity contribution in [1.29, 1.82) is 0 Å². The first-order chi connectivity index (χ1) is 18.5. The molecule has 1 aliphatic carbocycles. The Morgan fingerprint density at radius 3 is 1.61 bits per heavy atom. The van der Waals surface area contributed by atoms with Crippen LogP contribution in [0.4, 0.5) is 0 Å². The first-order valence-electron chi connectivity index (χ1n) is 14.5. The van der Waals surface area contributed by atoms with E-state index in [-0.39, 0.29) is 5.41 Å². The van der Waals surface area contributed by atoms with Crippen molar-refractivity contribution in [2.24, 2.45) is 0 Å². The lowest BCUT2D eigenvalue weighted by molar-refractivity contribution is 0.672. The van der Waals surface area contributed by atoms with Gasteiger partial charge in [0.1, 0.15) is 0 Å². The summed E-state index contributed by atoms with van der Waals surface area (Å²) in [5, 5.41) is 10.7. The van der Waals surface area contributed by atoms with Crippen LogP contribution in [0.1, 0.15) is 72.9 Å². The van der Waals surface area contributed by atoms with Gasteiger partial charge in [-0.3, -0.25) is 0 Å². The van der Waals surface area contributed by atoms with E-state index in [1.165, 1.54) is 71.8 Å². The van der Waals surface area contributed by atoms with Crippen molar-refractivity contribution in [2.45, 2.75) is 67.2 Å². The molecule has 0 nitrogen and oxygen atoms in total. The van der Waals surface area contributed by atoms with Crippen LogP contribution in [-0.4, -0.2) is 0 Å². The van der Waals surface area contributed by atoms with Crippen molar-refractivity contribution >= 4 is 43.1 Å². The highest BCUT2D eigenvalue weighted by Crippen LogP contribution is 2.54. The summed E-state index contributed by atoms with van der Waals surface area (Å²) >= 11 is 0. The highest BCUT2D eigenvalue weighted by atomic mass is 14.4. The summed E-state index contributed by atoms with van der Waals surface area (Å²) in [6.45, 7) is 17.1. The lowest BCUT2D eigenvalue weighted by Gasteiger charge is -2.25. The van der Waals surface area contributed by atoms with Crippen molar-refractivity contribution in [1.82, 2.24) is 0 Å². The van der Waals surface area contributed by atoms with Crippen molar-refractivity contribution in [3.63, 3.8) is 0 Å². The smallest absolute Gasteiger partial charge is 0.0171 e. The summed E-state index contributed by atoms with van der Waals surface area (Å²) in [4.78, 5) is 0. The fraction of sp³-hybridized carbons (Fsp3) is 0.263. The zero-order valence-electron chi connectivity index (χ0n) is 24.4. The molecule has 6 aromatic rings. The second-order valence-electron chi connectivity index (χ2n) is 10.1. The Bertz CT molecular complexity index is 1720. The maximum atomic E-state index is 2.41. The number of fused-ring (bicyclic) bond motifs is 10. The van der Waals surface area contributed by atoms with Crippen LogP contribution in [0.25, 0.3) is 54.2 Å². The molecule has 0 heteroatoms. The van der Waals surface area contributed by atoms with Gasteiger partial charge in [-0.1, -0.05) is 147 Å². The van der Waals surface area contributed by atoms with E-state index in [0.29, 0.717) is 0 Å². The fourth-order valence-corrected chi connectivity index (χ4v) is 6.01. The van der Waals surface area contributed by atoms with Gasteiger partial charge >= 0.3 is 0 Å². The molecule has 38 heavy (non-hydrogen) atoms. The number of hydrogen-bond donors (Lipinski definition) is 0. The standard InChI is InChI=1S/C31H22.C3H8.2C2H6/c1-31(2)29-25(16-14-23-17-21-8-3-4-9-22(21)18-27(23)29)26-15-13-20-12-11-19-7-5-6-10-24(19)28(20)30(26)31;1-3-2;2*1-2/h3-18H,1-2H3;3H2,1-2H3;2*1-2H3. The van der Waals surface area contributed by atoms with Crippen LogP contribution in [0.15, 0.2) is 97.1 Å². The Morgan fingerprint density at radius 1 is 0.474 bits per heavy atom. The summed E-state index contributed by atoms with van der Waals surface area (Å²) in [7, 11) is 0. The Labute approximate surface area is 229 Å². The first-order valence-corrected chi connectivity index (χ1v) is 14.5. The van der Waals surface area contributed by atoms with E-state index in [1.807, 2.05) is 27.7 Å². The molecule has 0 N–H and O–H groups in total. The van der Waals surface area contributed by atoms with Gasteiger partial charge in [0.2, 0.25) is 0 Å². The zero-order valence-corrected chi connectivity index (χ0v) is 24.4. The maximum Gasteiger partial charge on any atom is 0.0171 e. The molecule has 0 atom stereocenters. The van der Waals surface area contributed by atoms with Crippen LogP contribution >= 0.6 is 0 Å². The van der Waals surface area contributed by atoms with Gasteiger partial charge in [-0.2, -0.15) is 0 Å². The SMILES string of the molecule is CC.CC.CC1(C)c2c(ccc3cc4ccccc4cc23)-c2ccc3ccc4ccccc4c3c21.CCC. The highest BCUT2D eigenvalue weighted by molar-refractivity contribution is 6.14. The van der Waals surface area contributed by atoms with Gasteiger partial charge in [-0.15, -0.1) is 0 Å². The average molecular weight is 499 g/mol. The highest BCUT2D eigenvalue weighted by Gasteiger charge is 2.38. The fourth-order valence-electron chi connectivity index (χ4n) is 6.01. The van der Waals surface area contributed by atoms with Crippen molar-refractivity contribution in [2.75, 3.05) is 0 Å². The lowest BCUT2D eigenvalue weighted by Crippen LogP contribution is -2.16. The third kappa shape index (κ3) is 4.37. The monoisotopic (exact) mass is 498 g/mol. The largest absolute Gasteiger partial charge is 0.0683 e. The minimum absolute atomic E-state index is 0.0731. The minimum Gasteiger partial charge on any atom is -0.0683 e. The van der Waals surface area contributed by atoms with Crippen LogP contribution in [0.3, 0.4) is 0 Å². The van der Waals surface area contributed by atoms with Gasteiger partial charge in [0.25, 0.3) is 0 Å². The normalized spacial score (nSPS) is 12.5. The summed E-state index contributed by atoms with van der Waals surface area (Å²) in [6, 6.07) is 36.1. The van der Waals surface area contributed by atoms with Gasteiger partial charge in [-0.05, 0) is 77.5 Å². The van der Waals surface area contributed by atoms with E-state index < -0.39 is 0 Å². The van der Waals surface area contributed by atoms with Crippen LogP contribution in [0.5, 0.6) is 0 Å². The molecule has 0 unspecified atom stereocenters. The molecule has 194 valence electrons. The summed E-state index contributed by atoms with van der Waals surface area (Å²) in [6.07, 6.45) is 1.25. The Balaban J connectivity index is 0.000000443. The predicted octanol–water partition coefficient (Wildman–Crippen LogP) is 12.1. The van der Waals surface area contributed by atoms with E-state index in [1.54, 1.807) is 0 Å². The first kappa shape index (κ1) is 27.4. The number of hydrogen-bond acceptors (Lipinski definition) is 0. The molecule has 0 fully saturated rings. The summed E-state index contributed by atoms with van der Waals surface area (Å²) in [5.41, 5.74) is 5.64. The van der Waals surface area contributed by atoms with Gasteiger partial charge in [0.15, 0.2) is 0 Å². The Morgan fingerprint density at radius 2 is 0.947 bits per heavy atom. The molecule has 0 amide bonds. The second-order valence-corrected chi connectivity index (χ2v) is 10.1. The van der Waals surface area contributed by atoms with Gasteiger partial charge in [-0.25, -0.2) is 0 Å². The molecular weight excluding hydrogens is 456 g/mol. The molecule has 0 bridgehead atoms. The maximum absolute atomic E-state index is 2.41. The molecule has 0 heterocycles. The molecule has 6 aromatic carbocycles. The van der Waals surface area contributed by atoms with E-state index in [4.69, 9.17) is 0 Å². The Hall–Kier alpha value is -3.64. The molecule has 0 aromatic heterocycles. The van der Waals surface area contributed by atoms with Crippen LogP contribution < -0.4 is 0 Å². The van der Waals surface area contributed by atoms with Crippen molar-refractivity contribution in [3.8, 4) is 11.1 Å². The molecule has 0 saturated heterocycles. The topological polar surface area (TPSA) is 0 Å². The molecular formula is C38H42. The molecule has 0 aliphatic heterocycles.